The fourth-order valence-electron chi connectivity index (χ4n) is 1.79. The number of fused-ring (bicyclic) bond motifs is 1. The first-order chi connectivity index (χ1) is 9.11. The van der Waals surface area contributed by atoms with Crippen molar-refractivity contribution in [1.29, 1.82) is 0 Å². The van der Waals surface area contributed by atoms with Crippen molar-refractivity contribution in [2.75, 3.05) is 5.73 Å². The van der Waals surface area contributed by atoms with Crippen molar-refractivity contribution in [3.63, 3.8) is 0 Å². The van der Waals surface area contributed by atoms with E-state index in [4.69, 9.17) is 14.9 Å². The number of nitrogens with two attached hydrogens (primary N) is 1. The van der Waals surface area contributed by atoms with Crippen LogP contribution in [0.4, 0.5) is 5.00 Å². The molecule has 96 valence electrons. The Morgan fingerprint density at radius 1 is 1.37 bits per heavy atom. The monoisotopic (exact) mass is 274 g/mol. The number of aryl methyl sites for hydroxylation is 1. The molecule has 0 radical (unpaired) electrons. The molecule has 0 aliphatic rings. The summed E-state index contributed by atoms with van der Waals surface area (Å²) in [5.74, 6) is 0.551. The van der Waals surface area contributed by atoms with Gasteiger partial charge in [0.05, 0.1) is 6.20 Å². The fraction of sp³-hybridized carbons (Fsp3) is 0.0769. The first kappa shape index (κ1) is 11.7. The van der Waals surface area contributed by atoms with E-state index in [-0.39, 0.29) is 5.63 Å². The van der Waals surface area contributed by atoms with Crippen LogP contribution in [0.25, 0.3) is 11.0 Å². The van der Waals surface area contributed by atoms with Crippen molar-refractivity contribution >= 4 is 27.3 Å². The van der Waals surface area contributed by atoms with Crippen LogP contribution in [0, 0.1) is 6.92 Å². The first-order valence-electron chi connectivity index (χ1n) is 5.55. The predicted molar refractivity (Wildman–Crippen MR) is 73.8 cm³/mol. The third-order valence-electron chi connectivity index (χ3n) is 2.63. The predicted octanol–water partition coefficient (Wildman–Crippen LogP) is 2.93. The van der Waals surface area contributed by atoms with Gasteiger partial charge in [-0.15, -0.1) is 0 Å². The second-order valence-electron chi connectivity index (χ2n) is 4.04. The average Bonchev–Trinajstić information content (AvgIpc) is 2.74. The summed E-state index contributed by atoms with van der Waals surface area (Å²) in [6.45, 7) is 1.86. The van der Waals surface area contributed by atoms with Gasteiger partial charge in [0.2, 0.25) is 0 Å². The van der Waals surface area contributed by atoms with Gasteiger partial charge in [0.1, 0.15) is 16.3 Å². The number of aromatic nitrogens is 1. The Morgan fingerprint density at radius 2 is 2.21 bits per heavy atom. The van der Waals surface area contributed by atoms with Gasteiger partial charge in [-0.25, -0.2) is 9.78 Å². The molecule has 2 aromatic heterocycles. The molecule has 2 N–H and O–H groups in total. The van der Waals surface area contributed by atoms with Crippen LogP contribution in [0.15, 0.2) is 39.7 Å². The van der Waals surface area contributed by atoms with E-state index in [9.17, 15) is 4.79 Å². The second kappa shape index (κ2) is 4.40. The summed E-state index contributed by atoms with van der Waals surface area (Å²) in [5.41, 5.74) is 6.57. The molecule has 0 spiro atoms. The number of hydrogen-bond acceptors (Lipinski definition) is 6. The summed E-state index contributed by atoms with van der Waals surface area (Å²) in [6, 6.07) is 6.78. The quantitative estimate of drug-likeness (QED) is 0.727. The molecule has 0 atom stereocenters. The van der Waals surface area contributed by atoms with Gasteiger partial charge in [-0.2, -0.15) is 0 Å². The van der Waals surface area contributed by atoms with Crippen LogP contribution in [-0.4, -0.2) is 4.98 Å². The van der Waals surface area contributed by atoms with Crippen molar-refractivity contribution in [3.8, 4) is 10.9 Å². The van der Waals surface area contributed by atoms with Gasteiger partial charge < -0.3 is 14.9 Å². The minimum absolute atomic E-state index is 0.374. The van der Waals surface area contributed by atoms with Crippen LogP contribution in [0.5, 0.6) is 10.9 Å². The zero-order valence-electron chi connectivity index (χ0n) is 10.0. The van der Waals surface area contributed by atoms with E-state index in [1.54, 1.807) is 12.1 Å². The highest BCUT2D eigenvalue weighted by molar-refractivity contribution is 7.17. The zero-order valence-corrected chi connectivity index (χ0v) is 10.9. The minimum atomic E-state index is -0.374. The van der Waals surface area contributed by atoms with E-state index in [0.29, 0.717) is 21.5 Å². The second-order valence-corrected chi connectivity index (χ2v) is 5.06. The van der Waals surface area contributed by atoms with Crippen LogP contribution >= 0.6 is 11.3 Å². The number of ether oxygens (including phenoxy) is 1. The van der Waals surface area contributed by atoms with E-state index < -0.39 is 0 Å². The Kier molecular flexibility index (Phi) is 2.72. The molecule has 1 aromatic carbocycles. The SMILES string of the molecule is Cc1cc(=O)oc2cc(Oc3ncc(N)s3)ccc12. The maximum Gasteiger partial charge on any atom is 0.336 e. The number of nitrogen functional groups attached to an aromatic ring is 1. The van der Waals surface area contributed by atoms with Crippen molar-refractivity contribution in [2.45, 2.75) is 6.92 Å². The van der Waals surface area contributed by atoms with Crippen LogP contribution in [0.3, 0.4) is 0 Å². The summed E-state index contributed by atoms with van der Waals surface area (Å²) in [4.78, 5) is 15.3. The average molecular weight is 274 g/mol. The van der Waals surface area contributed by atoms with Gasteiger partial charge in [0.25, 0.3) is 5.19 Å². The lowest BCUT2D eigenvalue weighted by molar-refractivity contribution is 0.476. The summed E-state index contributed by atoms with van der Waals surface area (Å²) < 4.78 is 10.7. The Balaban J connectivity index is 2.04. The van der Waals surface area contributed by atoms with E-state index in [2.05, 4.69) is 4.98 Å². The number of anilines is 1. The molecular weight excluding hydrogens is 264 g/mol. The fourth-order valence-corrected chi connectivity index (χ4v) is 2.34. The van der Waals surface area contributed by atoms with Crippen molar-refractivity contribution in [1.82, 2.24) is 4.98 Å². The number of nitrogens with zero attached hydrogens (tertiary/aromatic N) is 1. The van der Waals surface area contributed by atoms with Crippen molar-refractivity contribution < 1.29 is 9.15 Å². The molecule has 0 saturated carbocycles. The molecule has 6 heteroatoms. The third kappa shape index (κ3) is 2.30. The smallest absolute Gasteiger partial charge is 0.336 e. The topological polar surface area (TPSA) is 78.3 Å². The lowest BCUT2D eigenvalue weighted by atomic mass is 10.1. The number of thiazole rings is 1. The van der Waals surface area contributed by atoms with Gasteiger partial charge in [-0.1, -0.05) is 11.3 Å². The molecule has 0 bridgehead atoms. The van der Waals surface area contributed by atoms with Crippen LogP contribution in [0.1, 0.15) is 5.56 Å². The van der Waals surface area contributed by atoms with Crippen LogP contribution in [0.2, 0.25) is 0 Å². The maximum atomic E-state index is 11.3. The molecule has 0 aliphatic heterocycles. The van der Waals surface area contributed by atoms with Gasteiger partial charge in [0.15, 0.2) is 0 Å². The normalized spacial score (nSPS) is 10.8. The maximum absolute atomic E-state index is 11.3. The number of hydrogen-bond donors (Lipinski definition) is 1. The van der Waals surface area contributed by atoms with Crippen LogP contribution in [-0.2, 0) is 0 Å². The molecule has 5 nitrogen and oxygen atoms in total. The summed E-state index contributed by atoms with van der Waals surface area (Å²) >= 11 is 1.25. The van der Waals surface area contributed by atoms with Crippen LogP contribution < -0.4 is 16.1 Å². The molecule has 3 aromatic rings. The molecular formula is C13H10N2O3S. The molecule has 0 saturated heterocycles. The Bertz CT molecular complexity index is 807. The van der Waals surface area contributed by atoms with E-state index in [0.717, 1.165) is 10.9 Å². The number of rotatable bonds is 2. The summed E-state index contributed by atoms with van der Waals surface area (Å²) in [5, 5.41) is 1.91. The standard InChI is InChI=1S/C13H10N2O3S/c1-7-4-12(16)18-10-5-8(2-3-9(7)10)17-13-15-6-11(14)19-13/h2-6H,14H2,1H3. The number of benzene rings is 1. The molecule has 3 rings (SSSR count). The van der Waals surface area contributed by atoms with E-state index in [1.807, 2.05) is 13.0 Å². The van der Waals surface area contributed by atoms with E-state index >= 15 is 0 Å². The first-order valence-corrected chi connectivity index (χ1v) is 6.37. The summed E-state index contributed by atoms with van der Waals surface area (Å²) in [7, 11) is 0. The molecule has 2 heterocycles. The van der Waals surface area contributed by atoms with Gasteiger partial charge in [0, 0.05) is 17.5 Å². The van der Waals surface area contributed by atoms with Crippen molar-refractivity contribution in [2.24, 2.45) is 0 Å². The lowest BCUT2D eigenvalue weighted by Gasteiger charge is -2.04. The molecule has 0 unspecified atom stereocenters. The highest BCUT2D eigenvalue weighted by Gasteiger charge is 2.06. The highest BCUT2D eigenvalue weighted by Crippen LogP contribution is 2.29. The van der Waals surface area contributed by atoms with E-state index in [1.165, 1.54) is 23.6 Å². The molecule has 0 fully saturated rings. The third-order valence-corrected chi connectivity index (χ3v) is 3.33. The van der Waals surface area contributed by atoms with Gasteiger partial charge >= 0.3 is 5.63 Å². The Labute approximate surface area is 112 Å². The van der Waals surface area contributed by atoms with Gasteiger partial charge in [-0.3, -0.25) is 0 Å². The molecule has 0 aliphatic carbocycles. The zero-order chi connectivity index (χ0) is 13.4. The highest BCUT2D eigenvalue weighted by atomic mass is 32.1. The Morgan fingerprint density at radius 3 is 2.95 bits per heavy atom. The summed E-state index contributed by atoms with van der Waals surface area (Å²) in [6.07, 6.45) is 1.53. The van der Waals surface area contributed by atoms with Crippen molar-refractivity contribution in [3.05, 3.63) is 46.4 Å². The largest absolute Gasteiger partial charge is 0.431 e. The lowest BCUT2D eigenvalue weighted by Crippen LogP contribution is -1.97. The molecule has 19 heavy (non-hydrogen) atoms. The minimum Gasteiger partial charge on any atom is -0.431 e. The van der Waals surface area contributed by atoms with Gasteiger partial charge in [-0.05, 0) is 24.6 Å². The molecule has 0 amide bonds. The Hall–Kier alpha value is -2.34.